The fraction of sp³-hybridized carbons (Fsp3) is 0.400. The van der Waals surface area contributed by atoms with Crippen molar-refractivity contribution in [3.63, 3.8) is 0 Å². The lowest BCUT2D eigenvalue weighted by molar-refractivity contribution is 0.823. The molecule has 0 atom stereocenters. The Balaban J connectivity index is 0. The summed E-state index contributed by atoms with van der Waals surface area (Å²) in [5.41, 5.74) is 3.67. The largest absolute Gasteiger partial charge is 0.412 e. The fourth-order valence-electron chi connectivity index (χ4n) is 1.75. The van der Waals surface area contributed by atoms with E-state index in [1.165, 1.54) is 0 Å². The summed E-state index contributed by atoms with van der Waals surface area (Å²) in [5, 5.41) is 18.5. The lowest BCUT2D eigenvalue weighted by Gasteiger charge is -2.07. The first-order valence-electron chi connectivity index (χ1n) is 4.54. The molecule has 0 aliphatic carbocycles. The number of hydrogen-bond donors (Lipinski definition) is 0. The molecule has 0 aliphatic rings. The fourth-order valence-corrected chi connectivity index (χ4v) is 1.75. The van der Waals surface area contributed by atoms with Crippen LogP contribution in [0.15, 0.2) is 0 Å². The number of aryl methyl sites for hydroxylation is 4. The minimum Gasteiger partial charge on any atom is -0.412 e. The van der Waals surface area contributed by atoms with Gasteiger partial charge in [-0.05, 0) is 27.7 Å². The Morgan fingerprint density at radius 2 is 0.647 bits per heavy atom. The molecule has 2 heterocycles. The summed E-state index contributed by atoms with van der Waals surface area (Å²) < 4.78 is 0. The zero-order valence-electron chi connectivity index (χ0n) is 10.3. The van der Waals surface area contributed by atoms with Crippen LogP contribution >= 0.6 is 0 Å². The van der Waals surface area contributed by atoms with Crippen molar-refractivity contribution in [3.05, 3.63) is 22.8 Å². The van der Waals surface area contributed by atoms with E-state index in [1.54, 1.807) is 0 Å². The van der Waals surface area contributed by atoms with Crippen molar-refractivity contribution >= 4 is 10.8 Å². The zero-order chi connectivity index (χ0) is 10.3. The van der Waals surface area contributed by atoms with E-state index in [2.05, 4.69) is 20.4 Å². The van der Waals surface area contributed by atoms with Gasteiger partial charge in [0.25, 0.3) is 0 Å². The van der Waals surface area contributed by atoms with Gasteiger partial charge in [-0.25, -0.2) is 0 Å². The Morgan fingerprint density at radius 3 is 0.824 bits per heavy atom. The molecule has 96 valence electrons. The molecular formula is C10H18N4O3. The van der Waals surface area contributed by atoms with E-state index in [4.69, 9.17) is 0 Å². The molecule has 6 N–H and O–H groups in total. The third kappa shape index (κ3) is 2.70. The molecule has 0 aliphatic heterocycles. The smallest absolute Gasteiger partial charge is 0.0698 e. The van der Waals surface area contributed by atoms with Gasteiger partial charge in [-0.2, -0.15) is 20.4 Å². The highest BCUT2D eigenvalue weighted by Gasteiger charge is 2.10. The molecular weight excluding hydrogens is 224 g/mol. The summed E-state index contributed by atoms with van der Waals surface area (Å²) in [4.78, 5) is 0. The molecule has 2 aromatic heterocycles. The summed E-state index contributed by atoms with van der Waals surface area (Å²) >= 11 is 0. The van der Waals surface area contributed by atoms with Crippen LogP contribution in [0.25, 0.3) is 10.8 Å². The van der Waals surface area contributed by atoms with Crippen molar-refractivity contribution in [2.45, 2.75) is 27.7 Å². The van der Waals surface area contributed by atoms with Crippen LogP contribution in [0.1, 0.15) is 22.8 Å². The third-order valence-corrected chi connectivity index (χ3v) is 2.40. The van der Waals surface area contributed by atoms with E-state index in [9.17, 15) is 0 Å². The van der Waals surface area contributed by atoms with E-state index >= 15 is 0 Å². The van der Waals surface area contributed by atoms with Gasteiger partial charge in [-0.1, -0.05) is 0 Å². The molecule has 2 rings (SSSR count). The van der Waals surface area contributed by atoms with Crippen LogP contribution in [-0.4, -0.2) is 36.8 Å². The van der Waals surface area contributed by atoms with Crippen molar-refractivity contribution in [2.75, 3.05) is 0 Å². The van der Waals surface area contributed by atoms with Gasteiger partial charge in [0.15, 0.2) is 0 Å². The Morgan fingerprint density at radius 1 is 0.471 bits per heavy atom. The van der Waals surface area contributed by atoms with Crippen molar-refractivity contribution < 1.29 is 16.4 Å². The first-order chi connectivity index (χ1) is 6.61. The second-order valence-electron chi connectivity index (χ2n) is 3.49. The molecule has 0 saturated heterocycles. The van der Waals surface area contributed by atoms with Gasteiger partial charge in [-0.15, -0.1) is 0 Å². The Labute approximate surface area is 98.8 Å². The molecule has 0 aromatic carbocycles. The van der Waals surface area contributed by atoms with Crippen LogP contribution in [0.2, 0.25) is 0 Å². The minimum absolute atomic E-state index is 0. The topological polar surface area (TPSA) is 146 Å². The number of fused-ring (bicyclic) bond motifs is 1. The Hall–Kier alpha value is -1.70. The van der Waals surface area contributed by atoms with E-state index < -0.39 is 0 Å². The maximum absolute atomic E-state index is 4.09. The second kappa shape index (κ2) is 6.14. The standard InChI is InChI=1S/C10H12N4.3H2O/c1-5-9-6(2)13-14-8(4)10(9)7(3)12-11-5;;;/h1-4H3;3*1H2. The molecule has 0 unspecified atom stereocenters. The van der Waals surface area contributed by atoms with Crippen LogP contribution < -0.4 is 0 Å². The first-order valence-corrected chi connectivity index (χ1v) is 4.54. The SMILES string of the molecule is Cc1nnc(C)c2c(C)nnc(C)c12.O.O.O. The van der Waals surface area contributed by atoms with Gasteiger partial charge >= 0.3 is 0 Å². The molecule has 0 fully saturated rings. The lowest BCUT2D eigenvalue weighted by Crippen LogP contribution is -2.01. The molecule has 0 bridgehead atoms. The van der Waals surface area contributed by atoms with Gasteiger partial charge < -0.3 is 16.4 Å². The van der Waals surface area contributed by atoms with Crippen molar-refractivity contribution in [1.82, 2.24) is 20.4 Å². The lowest BCUT2D eigenvalue weighted by atomic mass is 10.1. The predicted molar refractivity (Wildman–Crippen MR) is 64.9 cm³/mol. The average molecular weight is 242 g/mol. The highest BCUT2D eigenvalue weighted by atomic mass is 16.0. The summed E-state index contributed by atoms with van der Waals surface area (Å²) in [7, 11) is 0. The number of rotatable bonds is 0. The van der Waals surface area contributed by atoms with Crippen LogP contribution in [-0.2, 0) is 0 Å². The molecule has 0 spiro atoms. The normalized spacial score (nSPS) is 8.94. The van der Waals surface area contributed by atoms with Crippen molar-refractivity contribution in [2.24, 2.45) is 0 Å². The number of hydrogen-bond acceptors (Lipinski definition) is 4. The summed E-state index contributed by atoms with van der Waals surface area (Å²) in [5.74, 6) is 0. The molecule has 17 heavy (non-hydrogen) atoms. The van der Waals surface area contributed by atoms with Gasteiger partial charge in [0.05, 0.1) is 22.8 Å². The Kier molecular flexibility index (Phi) is 6.39. The molecule has 0 saturated carbocycles. The maximum atomic E-state index is 4.09. The Bertz CT molecular complexity index is 427. The van der Waals surface area contributed by atoms with Gasteiger partial charge in [0.1, 0.15) is 0 Å². The van der Waals surface area contributed by atoms with Gasteiger partial charge in [0.2, 0.25) is 0 Å². The van der Waals surface area contributed by atoms with E-state index in [-0.39, 0.29) is 16.4 Å². The zero-order valence-corrected chi connectivity index (χ0v) is 10.3. The van der Waals surface area contributed by atoms with Crippen LogP contribution in [0.3, 0.4) is 0 Å². The average Bonchev–Trinajstić information content (AvgIpc) is 2.16. The highest BCUT2D eigenvalue weighted by molar-refractivity contribution is 5.89. The highest BCUT2D eigenvalue weighted by Crippen LogP contribution is 2.22. The monoisotopic (exact) mass is 242 g/mol. The number of aromatic nitrogens is 4. The van der Waals surface area contributed by atoms with Crippen LogP contribution in [0.4, 0.5) is 0 Å². The molecule has 0 radical (unpaired) electrons. The summed E-state index contributed by atoms with van der Waals surface area (Å²) in [6, 6.07) is 0. The van der Waals surface area contributed by atoms with E-state index in [1.807, 2.05) is 27.7 Å². The molecule has 7 nitrogen and oxygen atoms in total. The molecule has 2 aromatic rings. The first kappa shape index (κ1) is 17.7. The van der Waals surface area contributed by atoms with E-state index in [0.717, 1.165) is 33.5 Å². The van der Waals surface area contributed by atoms with Gasteiger partial charge in [-0.3, -0.25) is 0 Å². The maximum Gasteiger partial charge on any atom is 0.0698 e. The number of nitrogens with zero attached hydrogens (tertiary/aromatic N) is 4. The molecule has 0 amide bonds. The molecule has 7 heteroatoms. The van der Waals surface area contributed by atoms with Gasteiger partial charge in [0, 0.05) is 10.8 Å². The van der Waals surface area contributed by atoms with Crippen LogP contribution in [0.5, 0.6) is 0 Å². The van der Waals surface area contributed by atoms with E-state index in [0.29, 0.717) is 0 Å². The third-order valence-electron chi connectivity index (χ3n) is 2.40. The summed E-state index contributed by atoms with van der Waals surface area (Å²) in [6.45, 7) is 7.79. The predicted octanol–water partition coefficient (Wildman–Crippen LogP) is -0.821. The quantitative estimate of drug-likeness (QED) is 0.593. The second-order valence-corrected chi connectivity index (χ2v) is 3.49. The van der Waals surface area contributed by atoms with Crippen LogP contribution in [0, 0.1) is 27.7 Å². The minimum atomic E-state index is 0. The van der Waals surface area contributed by atoms with Crippen molar-refractivity contribution in [3.8, 4) is 0 Å². The summed E-state index contributed by atoms with van der Waals surface area (Å²) in [6.07, 6.45) is 0. The van der Waals surface area contributed by atoms with Crippen molar-refractivity contribution in [1.29, 1.82) is 0 Å².